The first-order chi connectivity index (χ1) is 13.8. The third-order valence-corrected chi connectivity index (χ3v) is 7.46. The number of hydrogen-bond donors (Lipinski definition) is 1. The fourth-order valence-corrected chi connectivity index (χ4v) is 5.42. The summed E-state index contributed by atoms with van der Waals surface area (Å²) in [5.74, 6) is -0.124. The summed E-state index contributed by atoms with van der Waals surface area (Å²) in [6, 6.07) is 16.4. The number of amides is 1. The first-order valence-corrected chi connectivity index (χ1v) is 11.6. The van der Waals surface area contributed by atoms with E-state index < -0.39 is 15.9 Å². The predicted octanol–water partition coefficient (Wildman–Crippen LogP) is 3.56. The van der Waals surface area contributed by atoms with Gasteiger partial charge in [-0.05, 0) is 42.5 Å². The minimum atomic E-state index is -3.64. The van der Waals surface area contributed by atoms with Gasteiger partial charge in [0.1, 0.15) is 0 Å². The lowest BCUT2D eigenvalue weighted by Gasteiger charge is -2.20. The van der Waals surface area contributed by atoms with Gasteiger partial charge in [0.15, 0.2) is 0 Å². The van der Waals surface area contributed by atoms with E-state index >= 15 is 0 Å². The van der Waals surface area contributed by atoms with Gasteiger partial charge in [0.05, 0.1) is 10.8 Å². The average Bonchev–Trinajstić information content (AvgIpc) is 3.15. The first kappa shape index (κ1) is 21.5. The molecule has 1 fully saturated rings. The maximum Gasteiger partial charge on any atom is 0.243 e. The molecule has 2 atom stereocenters. The molecule has 0 radical (unpaired) electrons. The maximum atomic E-state index is 13.2. The second-order valence-electron chi connectivity index (χ2n) is 8.18. The lowest BCUT2D eigenvalue weighted by atomic mass is 9.86. The van der Waals surface area contributed by atoms with Crippen LogP contribution in [-0.2, 0) is 14.8 Å². The SMILES string of the molecule is Cc1ccccc1[C@H]1CN(S(=O)(=O)c2ccccc2)C[C@@H]1C(=O)NCCC(C)C. The van der Waals surface area contributed by atoms with E-state index in [4.69, 9.17) is 0 Å². The number of rotatable bonds is 7. The lowest BCUT2D eigenvalue weighted by molar-refractivity contribution is -0.124. The summed E-state index contributed by atoms with van der Waals surface area (Å²) in [6.45, 7) is 7.36. The van der Waals surface area contributed by atoms with Crippen molar-refractivity contribution in [1.82, 2.24) is 9.62 Å². The fraction of sp³-hybridized carbons (Fsp3) is 0.435. The van der Waals surface area contributed by atoms with E-state index in [0.29, 0.717) is 19.0 Å². The molecule has 0 aliphatic carbocycles. The monoisotopic (exact) mass is 414 g/mol. The van der Waals surface area contributed by atoms with Gasteiger partial charge < -0.3 is 5.32 Å². The zero-order valence-corrected chi connectivity index (χ0v) is 18.2. The van der Waals surface area contributed by atoms with Gasteiger partial charge in [0.2, 0.25) is 15.9 Å². The number of nitrogens with one attached hydrogen (secondary N) is 1. The van der Waals surface area contributed by atoms with Gasteiger partial charge in [-0.1, -0.05) is 56.3 Å². The normalized spacial score (nSPS) is 20.1. The quantitative estimate of drug-likeness (QED) is 0.753. The molecule has 6 heteroatoms. The van der Waals surface area contributed by atoms with Crippen molar-refractivity contribution in [2.75, 3.05) is 19.6 Å². The molecule has 29 heavy (non-hydrogen) atoms. The van der Waals surface area contributed by atoms with E-state index in [2.05, 4.69) is 19.2 Å². The number of hydrogen-bond acceptors (Lipinski definition) is 3. The van der Waals surface area contributed by atoms with Crippen LogP contribution in [0.25, 0.3) is 0 Å². The van der Waals surface area contributed by atoms with Gasteiger partial charge in [-0.2, -0.15) is 4.31 Å². The van der Waals surface area contributed by atoms with E-state index in [1.807, 2.05) is 31.2 Å². The third-order valence-electron chi connectivity index (χ3n) is 5.61. The molecule has 0 bridgehead atoms. The van der Waals surface area contributed by atoms with Crippen LogP contribution >= 0.6 is 0 Å². The Kier molecular flexibility index (Phi) is 6.75. The van der Waals surface area contributed by atoms with Crippen molar-refractivity contribution >= 4 is 15.9 Å². The molecule has 1 aliphatic heterocycles. The number of sulfonamides is 1. The van der Waals surface area contributed by atoms with Crippen molar-refractivity contribution in [1.29, 1.82) is 0 Å². The predicted molar refractivity (Wildman–Crippen MR) is 115 cm³/mol. The highest BCUT2D eigenvalue weighted by atomic mass is 32.2. The number of nitrogens with zero attached hydrogens (tertiary/aromatic N) is 1. The van der Waals surface area contributed by atoms with Crippen LogP contribution in [0.1, 0.15) is 37.3 Å². The Hall–Kier alpha value is -2.18. The Balaban J connectivity index is 1.88. The topological polar surface area (TPSA) is 66.5 Å². The van der Waals surface area contributed by atoms with Gasteiger partial charge in [-0.15, -0.1) is 0 Å². The van der Waals surface area contributed by atoms with Crippen molar-refractivity contribution in [3.8, 4) is 0 Å². The molecule has 2 aromatic rings. The van der Waals surface area contributed by atoms with E-state index in [1.54, 1.807) is 30.3 Å². The molecular formula is C23H30N2O3S. The summed E-state index contributed by atoms with van der Waals surface area (Å²) in [5.41, 5.74) is 2.12. The third kappa shape index (κ3) is 4.87. The largest absolute Gasteiger partial charge is 0.356 e. The Morgan fingerprint density at radius 1 is 1.07 bits per heavy atom. The molecule has 0 spiro atoms. The molecule has 1 saturated heterocycles. The maximum absolute atomic E-state index is 13.2. The summed E-state index contributed by atoms with van der Waals surface area (Å²) in [4.78, 5) is 13.3. The van der Waals surface area contributed by atoms with Gasteiger partial charge >= 0.3 is 0 Å². The van der Waals surface area contributed by atoms with Crippen molar-refractivity contribution in [2.24, 2.45) is 11.8 Å². The molecule has 0 unspecified atom stereocenters. The van der Waals surface area contributed by atoms with Crippen LogP contribution in [0.4, 0.5) is 0 Å². The lowest BCUT2D eigenvalue weighted by Crippen LogP contribution is -2.36. The Bertz CT molecular complexity index is 942. The molecule has 3 rings (SSSR count). The van der Waals surface area contributed by atoms with Crippen LogP contribution in [0.3, 0.4) is 0 Å². The molecular weight excluding hydrogens is 384 g/mol. The van der Waals surface area contributed by atoms with Crippen molar-refractivity contribution < 1.29 is 13.2 Å². The highest BCUT2D eigenvalue weighted by Gasteiger charge is 2.43. The van der Waals surface area contributed by atoms with Crippen LogP contribution in [0.5, 0.6) is 0 Å². The van der Waals surface area contributed by atoms with Crippen LogP contribution in [0.2, 0.25) is 0 Å². The highest BCUT2D eigenvalue weighted by molar-refractivity contribution is 7.89. The highest BCUT2D eigenvalue weighted by Crippen LogP contribution is 2.37. The van der Waals surface area contributed by atoms with Crippen LogP contribution < -0.4 is 5.32 Å². The van der Waals surface area contributed by atoms with E-state index in [-0.39, 0.29) is 23.3 Å². The molecule has 1 aliphatic rings. The molecule has 1 N–H and O–H groups in total. The summed E-state index contributed by atoms with van der Waals surface area (Å²) in [7, 11) is -3.64. The van der Waals surface area contributed by atoms with Crippen LogP contribution in [0, 0.1) is 18.8 Å². The zero-order valence-electron chi connectivity index (χ0n) is 17.3. The smallest absolute Gasteiger partial charge is 0.243 e. The van der Waals surface area contributed by atoms with Crippen molar-refractivity contribution in [3.05, 3.63) is 65.7 Å². The minimum Gasteiger partial charge on any atom is -0.356 e. The summed E-state index contributed by atoms with van der Waals surface area (Å²) < 4.78 is 27.8. The first-order valence-electron chi connectivity index (χ1n) is 10.2. The molecule has 5 nitrogen and oxygen atoms in total. The van der Waals surface area contributed by atoms with Gasteiger partial charge in [-0.3, -0.25) is 4.79 Å². The van der Waals surface area contributed by atoms with Crippen molar-refractivity contribution in [2.45, 2.75) is 38.0 Å². The number of carbonyl (C=O) groups is 1. The minimum absolute atomic E-state index is 0.0651. The number of benzene rings is 2. The van der Waals surface area contributed by atoms with Crippen molar-refractivity contribution in [3.63, 3.8) is 0 Å². The second kappa shape index (κ2) is 9.09. The van der Waals surface area contributed by atoms with E-state index in [1.165, 1.54) is 4.31 Å². The van der Waals surface area contributed by atoms with Crippen LogP contribution in [0.15, 0.2) is 59.5 Å². The Morgan fingerprint density at radius 2 is 1.72 bits per heavy atom. The molecule has 2 aromatic carbocycles. The molecule has 1 heterocycles. The second-order valence-corrected chi connectivity index (χ2v) is 10.1. The average molecular weight is 415 g/mol. The fourth-order valence-electron chi connectivity index (χ4n) is 3.90. The van der Waals surface area contributed by atoms with Crippen LogP contribution in [-0.4, -0.2) is 38.3 Å². The number of aryl methyl sites for hydroxylation is 1. The standard InChI is InChI=1S/C23H30N2O3S/c1-17(2)13-14-24-23(26)22-16-25(29(27,28)19-10-5-4-6-11-19)15-21(22)20-12-8-7-9-18(20)3/h4-12,17,21-22H,13-16H2,1-3H3,(H,24,26)/t21-,22+/m1/s1. The van der Waals surface area contributed by atoms with Gasteiger partial charge in [0, 0.05) is 25.6 Å². The molecule has 1 amide bonds. The van der Waals surface area contributed by atoms with E-state index in [0.717, 1.165) is 17.5 Å². The summed E-state index contributed by atoms with van der Waals surface area (Å²) >= 11 is 0. The summed E-state index contributed by atoms with van der Waals surface area (Å²) in [5, 5.41) is 3.03. The molecule has 0 aromatic heterocycles. The Labute approximate surface area is 174 Å². The zero-order chi connectivity index (χ0) is 21.0. The number of carbonyl (C=O) groups excluding carboxylic acids is 1. The van der Waals surface area contributed by atoms with Gasteiger partial charge in [0.25, 0.3) is 0 Å². The molecule has 156 valence electrons. The molecule has 0 saturated carbocycles. The van der Waals surface area contributed by atoms with E-state index in [9.17, 15) is 13.2 Å². The summed E-state index contributed by atoms with van der Waals surface area (Å²) in [6.07, 6.45) is 0.902. The Morgan fingerprint density at radius 3 is 2.38 bits per heavy atom. The van der Waals surface area contributed by atoms with Gasteiger partial charge in [-0.25, -0.2) is 8.42 Å².